The maximum atomic E-state index is 12.8. The van der Waals surface area contributed by atoms with Crippen molar-refractivity contribution in [3.8, 4) is 5.75 Å². The predicted molar refractivity (Wildman–Crippen MR) is 80.7 cm³/mol. The number of hydrogen-bond donors (Lipinski definition) is 0. The fourth-order valence-corrected chi connectivity index (χ4v) is 2.55. The zero-order chi connectivity index (χ0) is 17.0. The highest BCUT2D eigenvalue weighted by Gasteiger charge is 2.43. The molecule has 0 N–H and O–H groups in total. The molecule has 1 heterocycles. The van der Waals surface area contributed by atoms with Crippen LogP contribution in [0.4, 0.5) is 17.6 Å². The Morgan fingerprint density at radius 1 is 1.26 bits per heavy atom. The molecule has 0 amide bonds. The number of ether oxygens (including phenoxy) is 1. The van der Waals surface area contributed by atoms with Gasteiger partial charge in [0, 0.05) is 0 Å². The first-order valence-electron chi connectivity index (χ1n) is 6.21. The van der Waals surface area contributed by atoms with E-state index in [0.717, 1.165) is 23.5 Å². The Labute approximate surface area is 138 Å². The summed E-state index contributed by atoms with van der Waals surface area (Å²) in [5.41, 5.74) is 0.351. The first-order valence-corrected chi connectivity index (χ1v) is 7.40. The highest BCUT2D eigenvalue weighted by molar-refractivity contribution is 7.18. The van der Waals surface area contributed by atoms with Crippen molar-refractivity contribution in [2.75, 3.05) is 0 Å². The SMILES string of the molecule is O=C(/C=C/c1cccc(OC(F)(F)C(F)F)c1)c1ccc(Cl)s1. The van der Waals surface area contributed by atoms with Gasteiger partial charge < -0.3 is 4.74 Å². The highest BCUT2D eigenvalue weighted by atomic mass is 35.5. The average molecular weight is 365 g/mol. The van der Waals surface area contributed by atoms with E-state index < -0.39 is 18.3 Å². The van der Waals surface area contributed by atoms with Crippen LogP contribution in [-0.4, -0.2) is 18.3 Å². The Morgan fingerprint density at radius 3 is 2.61 bits per heavy atom. The Balaban J connectivity index is 2.11. The molecule has 2 rings (SSSR count). The van der Waals surface area contributed by atoms with Gasteiger partial charge in [-0.25, -0.2) is 0 Å². The molecule has 0 saturated carbocycles. The van der Waals surface area contributed by atoms with E-state index in [1.54, 1.807) is 12.1 Å². The third kappa shape index (κ3) is 4.80. The minimum absolute atomic E-state index is 0.314. The molecule has 8 heteroatoms. The van der Waals surface area contributed by atoms with Crippen molar-refractivity contribution in [2.24, 2.45) is 0 Å². The van der Waals surface area contributed by atoms with E-state index in [4.69, 9.17) is 11.6 Å². The summed E-state index contributed by atoms with van der Waals surface area (Å²) in [6.07, 6.45) is -5.92. The van der Waals surface area contributed by atoms with Gasteiger partial charge in [0.1, 0.15) is 5.75 Å². The number of benzene rings is 1. The lowest BCUT2D eigenvalue weighted by Crippen LogP contribution is -2.33. The van der Waals surface area contributed by atoms with Crippen molar-refractivity contribution in [3.63, 3.8) is 0 Å². The summed E-state index contributed by atoms with van der Waals surface area (Å²) in [6, 6.07) is 8.24. The molecule has 23 heavy (non-hydrogen) atoms. The second-order valence-corrected chi connectivity index (χ2v) is 6.05. The van der Waals surface area contributed by atoms with E-state index in [9.17, 15) is 22.4 Å². The molecule has 0 aliphatic carbocycles. The maximum Gasteiger partial charge on any atom is 0.461 e. The van der Waals surface area contributed by atoms with Crippen molar-refractivity contribution < 1.29 is 27.1 Å². The summed E-state index contributed by atoms with van der Waals surface area (Å²) in [5.74, 6) is -0.741. The van der Waals surface area contributed by atoms with Crippen LogP contribution in [0.25, 0.3) is 6.08 Å². The Morgan fingerprint density at radius 2 is 2.00 bits per heavy atom. The molecule has 0 atom stereocenters. The van der Waals surface area contributed by atoms with Gasteiger partial charge in [-0.05, 0) is 35.9 Å². The number of thiophene rings is 1. The topological polar surface area (TPSA) is 26.3 Å². The normalized spacial score (nSPS) is 12.1. The lowest BCUT2D eigenvalue weighted by atomic mass is 10.2. The number of ketones is 1. The van der Waals surface area contributed by atoms with Gasteiger partial charge in [-0.15, -0.1) is 11.3 Å². The largest absolute Gasteiger partial charge is 0.461 e. The number of hydrogen-bond acceptors (Lipinski definition) is 3. The predicted octanol–water partition coefficient (Wildman–Crippen LogP) is 5.53. The zero-order valence-electron chi connectivity index (χ0n) is 11.3. The number of carbonyl (C=O) groups excluding carboxylic acids is 1. The standard InChI is InChI=1S/C15H9ClF4O2S/c16-13-7-6-12(23-13)11(21)5-4-9-2-1-3-10(8-9)22-15(19,20)14(17)18/h1-8,14H/b5-4+. The highest BCUT2D eigenvalue weighted by Crippen LogP contribution is 2.28. The summed E-state index contributed by atoms with van der Waals surface area (Å²) in [7, 11) is 0. The van der Waals surface area contributed by atoms with Crippen molar-refractivity contribution in [1.82, 2.24) is 0 Å². The minimum Gasteiger partial charge on any atom is -0.428 e. The fraction of sp³-hybridized carbons (Fsp3) is 0.133. The Bertz CT molecular complexity index is 728. The van der Waals surface area contributed by atoms with Gasteiger partial charge in [-0.1, -0.05) is 29.8 Å². The quantitative estimate of drug-likeness (QED) is 0.382. The van der Waals surface area contributed by atoms with Crippen LogP contribution >= 0.6 is 22.9 Å². The summed E-state index contributed by atoms with van der Waals surface area (Å²) in [6.45, 7) is 0. The van der Waals surface area contributed by atoms with Gasteiger partial charge >= 0.3 is 12.5 Å². The van der Waals surface area contributed by atoms with Gasteiger partial charge in [-0.3, -0.25) is 4.79 Å². The molecule has 0 aliphatic heterocycles. The molecule has 0 fully saturated rings. The average Bonchev–Trinajstić information content (AvgIpc) is 2.91. The molecular weight excluding hydrogens is 356 g/mol. The van der Waals surface area contributed by atoms with Crippen LogP contribution in [0.15, 0.2) is 42.5 Å². The van der Waals surface area contributed by atoms with E-state index in [1.165, 1.54) is 24.3 Å². The third-order valence-electron chi connectivity index (χ3n) is 2.61. The van der Waals surface area contributed by atoms with E-state index in [2.05, 4.69) is 4.74 Å². The van der Waals surface area contributed by atoms with Gasteiger partial charge in [0.25, 0.3) is 0 Å². The molecule has 0 saturated heterocycles. The lowest BCUT2D eigenvalue weighted by Gasteiger charge is -2.16. The van der Waals surface area contributed by atoms with E-state index in [-0.39, 0.29) is 5.78 Å². The van der Waals surface area contributed by atoms with Crippen LogP contribution in [0.3, 0.4) is 0 Å². The smallest absolute Gasteiger partial charge is 0.428 e. The molecule has 0 aliphatic rings. The maximum absolute atomic E-state index is 12.8. The van der Waals surface area contributed by atoms with Gasteiger partial charge in [0.05, 0.1) is 9.21 Å². The Kier molecular flexibility index (Phi) is 5.43. The second-order valence-electron chi connectivity index (χ2n) is 4.34. The molecule has 0 bridgehead atoms. The number of carbonyl (C=O) groups is 1. The van der Waals surface area contributed by atoms with Crippen molar-refractivity contribution >= 4 is 34.8 Å². The van der Waals surface area contributed by atoms with Gasteiger partial charge in [0.2, 0.25) is 0 Å². The molecule has 122 valence electrons. The molecule has 0 unspecified atom stereocenters. The van der Waals surface area contributed by atoms with E-state index in [0.29, 0.717) is 14.8 Å². The Hall–Kier alpha value is -1.86. The van der Waals surface area contributed by atoms with E-state index in [1.807, 2.05) is 0 Å². The minimum atomic E-state index is -4.58. The third-order valence-corrected chi connectivity index (χ3v) is 3.85. The monoisotopic (exact) mass is 364 g/mol. The van der Waals surface area contributed by atoms with Crippen molar-refractivity contribution in [1.29, 1.82) is 0 Å². The molecule has 2 nitrogen and oxygen atoms in total. The van der Waals surface area contributed by atoms with Crippen molar-refractivity contribution in [3.05, 3.63) is 57.3 Å². The van der Waals surface area contributed by atoms with E-state index >= 15 is 0 Å². The number of alkyl halides is 4. The fourth-order valence-electron chi connectivity index (χ4n) is 1.58. The second kappa shape index (κ2) is 7.14. The number of allylic oxidation sites excluding steroid dienone is 1. The van der Waals surface area contributed by atoms with Crippen LogP contribution in [0.5, 0.6) is 5.75 Å². The van der Waals surface area contributed by atoms with Crippen LogP contribution in [0, 0.1) is 0 Å². The molecule has 1 aromatic heterocycles. The number of rotatable bonds is 6. The van der Waals surface area contributed by atoms with Crippen LogP contribution < -0.4 is 4.74 Å². The molecule has 0 radical (unpaired) electrons. The molecule has 2 aromatic rings. The summed E-state index contributed by atoms with van der Waals surface area (Å²) >= 11 is 6.83. The van der Waals surface area contributed by atoms with Crippen LogP contribution in [-0.2, 0) is 0 Å². The summed E-state index contributed by atoms with van der Waals surface area (Å²) < 4.78 is 54.3. The summed E-state index contributed by atoms with van der Waals surface area (Å²) in [4.78, 5) is 12.3. The first kappa shape index (κ1) is 17.5. The molecule has 0 spiro atoms. The van der Waals surface area contributed by atoms with Gasteiger partial charge in [-0.2, -0.15) is 17.6 Å². The van der Waals surface area contributed by atoms with Gasteiger partial charge in [0.15, 0.2) is 5.78 Å². The number of halogens is 5. The van der Waals surface area contributed by atoms with Crippen LogP contribution in [0.1, 0.15) is 15.2 Å². The zero-order valence-corrected chi connectivity index (χ0v) is 12.9. The lowest BCUT2D eigenvalue weighted by molar-refractivity contribution is -0.253. The van der Waals surface area contributed by atoms with Crippen molar-refractivity contribution in [2.45, 2.75) is 12.5 Å². The van der Waals surface area contributed by atoms with Crippen LogP contribution in [0.2, 0.25) is 4.34 Å². The molecule has 1 aromatic carbocycles. The first-order chi connectivity index (χ1) is 10.8. The summed E-state index contributed by atoms with van der Waals surface area (Å²) in [5, 5.41) is 0. The molecular formula is C15H9ClF4O2S.